The first kappa shape index (κ1) is 24.2. The number of hydrogen-bond donors (Lipinski definition) is 3. The zero-order chi connectivity index (χ0) is 25.2. The maximum atomic E-state index is 8.73. The molecule has 0 aliphatic carbocycles. The fraction of sp³-hybridized carbons (Fsp3) is 0.111. The summed E-state index contributed by atoms with van der Waals surface area (Å²) in [7, 11) is 0. The van der Waals surface area contributed by atoms with E-state index < -0.39 is 0 Å². The number of nitrogens with zero attached hydrogens (tertiary/aromatic N) is 6. The van der Waals surface area contributed by atoms with Crippen LogP contribution in [-0.4, -0.2) is 34.3 Å². The number of benzene rings is 1. The van der Waals surface area contributed by atoms with Crippen molar-refractivity contribution in [3.8, 4) is 0 Å². The normalized spacial score (nSPS) is 11.7. The Morgan fingerprint density at radius 2 is 0.722 bits per heavy atom. The second-order valence-corrected chi connectivity index (χ2v) is 8.30. The largest absolute Gasteiger partial charge is 0.411 e. The van der Waals surface area contributed by atoms with E-state index in [1.54, 1.807) is 0 Å². The average Bonchev–Trinajstić information content (AvgIpc) is 2.88. The highest BCUT2D eigenvalue weighted by molar-refractivity contribution is 5.79. The third-order valence-corrected chi connectivity index (χ3v) is 5.58. The summed E-state index contributed by atoms with van der Waals surface area (Å²) < 4.78 is 6.22. The first-order valence-corrected chi connectivity index (χ1v) is 11.3. The molecule has 0 aliphatic heterocycles. The van der Waals surface area contributed by atoms with E-state index in [1.807, 2.05) is 73.6 Å². The summed E-state index contributed by atoms with van der Waals surface area (Å²) in [4.78, 5) is 0. The molecule has 0 saturated carbocycles. The molecule has 0 atom stereocenters. The summed E-state index contributed by atoms with van der Waals surface area (Å²) in [6.07, 6.45) is 15.9. The highest BCUT2D eigenvalue weighted by Gasteiger charge is 2.12. The summed E-state index contributed by atoms with van der Waals surface area (Å²) in [5, 5.41) is 35.4. The molecular formula is C27H27N6O3+3. The number of rotatable bonds is 9. The van der Waals surface area contributed by atoms with Crippen LogP contribution in [0.2, 0.25) is 0 Å². The summed E-state index contributed by atoms with van der Waals surface area (Å²) >= 11 is 0. The Bertz CT molecular complexity index is 1180. The molecule has 0 radical (unpaired) electrons. The lowest BCUT2D eigenvalue weighted by Crippen LogP contribution is -2.36. The monoisotopic (exact) mass is 483 g/mol. The van der Waals surface area contributed by atoms with Crippen LogP contribution >= 0.6 is 0 Å². The van der Waals surface area contributed by atoms with Gasteiger partial charge in [-0.15, -0.1) is 0 Å². The van der Waals surface area contributed by atoms with Crippen molar-refractivity contribution in [1.82, 2.24) is 0 Å². The first-order chi connectivity index (χ1) is 17.6. The molecular weight excluding hydrogens is 456 g/mol. The molecule has 1 aromatic carbocycles. The van der Waals surface area contributed by atoms with Gasteiger partial charge in [-0.05, 0) is 18.2 Å². The van der Waals surface area contributed by atoms with Gasteiger partial charge in [0, 0.05) is 69.8 Å². The summed E-state index contributed by atoms with van der Waals surface area (Å²) in [6.45, 7) is 2.06. The number of aromatic nitrogens is 3. The predicted octanol–water partition coefficient (Wildman–Crippen LogP) is 2.12. The fourth-order valence-corrected chi connectivity index (χ4v) is 3.93. The first-order valence-electron chi connectivity index (χ1n) is 11.3. The van der Waals surface area contributed by atoms with Crippen LogP contribution in [0.3, 0.4) is 0 Å². The number of pyridine rings is 3. The van der Waals surface area contributed by atoms with Crippen molar-refractivity contribution in [2.45, 2.75) is 19.6 Å². The minimum Gasteiger partial charge on any atom is -0.411 e. The standard InChI is InChI=1S/C27H24N6O3/c34-28-16-22-1-7-31(8-2-22)19-25-13-26(20-32-9-3-23(4-10-32)17-29-35)15-27(14-25)21-33-11-5-24(6-12-33)18-30-36/h1-18H,19-21H2/p+3. The molecule has 0 spiro atoms. The highest BCUT2D eigenvalue weighted by Crippen LogP contribution is 2.11. The van der Waals surface area contributed by atoms with Crippen molar-refractivity contribution in [3.05, 3.63) is 125 Å². The molecule has 9 nitrogen and oxygen atoms in total. The van der Waals surface area contributed by atoms with Crippen molar-refractivity contribution >= 4 is 18.6 Å². The van der Waals surface area contributed by atoms with Crippen LogP contribution < -0.4 is 13.7 Å². The number of hydrogen-bond acceptors (Lipinski definition) is 6. The zero-order valence-corrected chi connectivity index (χ0v) is 19.5. The van der Waals surface area contributed by atoms with Crippen molar-refractivity contribution in [2.24, 2.45) is 15.5 Å². The van der Waals surface area contributed by atoms with E-state index >= 15 is 0 Å². The third-order valence-electron chi connectivity index (χ3n) is 5.58. The van der Waals surface area contributed by atoms with Crippen LogP contribution in [0.4, 0.5) is 0 Å². The maximum absolute atomic E-state index is 8.73. The second kappa shape index (κ2) is 12.0. The second-order valence-electron chi connectivity index (χ2n) is 8.30. The van der Waals surface area contributed by atoms with Crippen LogP contribution in [-0.2, 0) is 19.6 Å². The van der Waals surface area contributed by atoms with Gasteiger partial charge in [-0.2, -0.15) is 0 Å². The lowest BCUT2D eigenvalue weighted by atomic mass is 10.0. The molecule has 0 unspecified atom stereocenters. The van der Waals surface area contributed by atoms with Gasteiger partial charge in [-0.3, -0.25) is 0 Å². The maximum Gasteiger partial charge on any atom is 0.173 e. The Morgan fingerprint density at radius 3 is 0.944 bits per heavy atom. The minimum atomic E-state index is 0.685. The topological polar surface area (TPSA) is 109 Å². The quantitative estimate of drug-likeness (QED) is 0.147. The van der Waals surface area contributed by atoms with Gasteiger partial charge >= 0.3 is 0 Å². The summed E-state index contributed by atoms with van der Waals surface area (Å²) in [6, 6.07) is 17.9. The molecule has 0 bridgehead atoms. The Hall–Kier alpha value is -4.92. The van der Waals surface area contributed by atoms with Gasteiger partial charge in [0.1, 0.15) is 0 Å². The van der Waals surface area contributed by atoms with E-state index in [4.69, 9.17) is 15.6 Å². The Kier molecular flexibility index (Phi) is 8.06. The van der Waals surface area contributed by atoms with Crippen LogP contribution in [0.5, 0.6) is 0 Å². The lowest BCUT2D eigenvalue weighted by Gasteiger charge is -2.06. The molecule has 9 heteroatoms. The molecule has 36 heavy (non-hydrogen) atoms. The summed E-state index contributed by atoms with van der Waals surface area (Å²) in [5.74, 6) is 0. The van der Waals surface area contributed by atoms with Gasteiger partial charge in [0.05, 0.1) is 18.6 Å². The molecule has 3 N–H and O–H groups in total. The van der Waals surface area contributed by atoms with Crippen molar-refractivity contribution < 1.29 is 29.3 Å². The summed E-state index contributed by atoms with van der Waals surface area (Å²) in [5.41, 5.74) is 5.93. The number of oxime groups is 3. The van der Waals surface area contributed by atoms with E-state index in [0.29, 0.717) is 19.6 Å². The minimum absolute atomic E-state index is 0.685. The van der Waals surface area contributed by atoms with Gasteiger partial charge in [-0.25, -0.2) is 13.7 Å². The van der Waals surface area contributed by atoms with Gasteiger partial charge in [0.25, 0.3) is 0 Å². The highest BCUT2D eigenvalue weighted by atomic mass is 16.4. The van der Waals surface area contributed by atoms with Crippen molar-refractivity contribution in [2.75, 3.05) is 0 Å². The van der Waals surface area contributed by atoms with Crippen molar-refractivity contribution in [1.29, 1.82) is 0 Å². The Balaban J connectivity index is 1.61. The van der Waals surface area contributed by atoms with E-state index in [1.165, 1.54) is 18.6 Å². The van der Waals surface area contributed by atoms with E-state index in [9.17, 15) is 0 Å². The molecule has 0 saturated heterocycles. The molecule has 3 heterocycles. The molecule has 3 aromatic heterocycles. The molecule has 180 valence electrons. The average molecular weight is 484 g/mol. The van der Waals surface area contributed by atoms with Gasteiger partial charge in [0.15, 0.2) is 56.8 Å². The molecule has 0 fully saturated rings. The van der Waals surface area contributed by atoms with Gasteiger partial charge in [0.2, 0.25) is 0 Å². The van der Waals surface area contributed by atoms with E-state index in [-0.39, 0.29) is 0 Å². The van der Waals surface area contributed by atoms with Gasteiger partial charge < -0.3 is 15.6 Å². The molecule has 4 rings (SSSR count). The lowest BCUT2D eigenvalue weighted by molar-refractivity contribution is -0.690. The van der Waals surface area contributed by atoms with E-state index in [0.717, 1.165) is 33.4 Å². The van der Waals surface area contributed by atoms with Crippen LogP contribution in [0.15, 0.2) is 107 Å². The van der Waals surface area contributed by atoms with Crippen LogP contribution in [0.25, 0.3) is 0 Å². The Morgan fingerprint density at radius 1 is 0.472 bits per heavy atom. The van der Waals surface area contributed by atoms with E-state index in [2.05, 4.69) is 47.4 Å². The van der Waals surface area contributed by atoms with Crippen molar-refractivity contribution in [3.63, 3.8) is 0 Å². The zero-order valence-electron chi connectivity index (χ0n) is 19.5. The molecule has 0 amide bonds. The van der Waals surface area contributed by atoms with Crippen LogP contribution in [0.1, 0.15) is 33.4 Å². The predicted molar refractivity (Wildman–Crippen MR) is 132 cm³/mol. The third kappa shape index (κ3) is 6.80. The fourth-order valence-electron chi connectivity index (χ4n) is 3.93. The molecule has 4 aromatic rings. The SMILES string of the molecule is ON=Cc1cc[n+](Cc2cc(C[n+]3ccc(C=NO)cc3)cc(C[n+]3ccc(C=NO)cc3)c2)cc1. The smallest absolute Gasteiger partial charge is 0.173 e. The molecule has 0 aliphatic rings. The Labute approximate surface area is 208 Å². The van der Waals surface area contributed by atoms with Crippen LogP contribution in [0, 0.1) is 0 Å². The van der Waals surface area contributed by atoms with Gasteiger partial charge in [-0.1, -0.05) is 15.5 Å².